The highest BCUT2D eigenvalue weighted by molar-refractivity contribution is 7.11. The van der Waals surface area contributed by atoms with E-state index in [-0.39, 0.29) is 5.91 Å². The minimum absolute atomic E-state index is 0.0736. The lowest BCUT2D eigenvalue weighted by atomic mass is 9.98. The quantitative estimate of drug-likeness (QED) is 0.846. The fourth-order valence-corrected chi connectivity index (χ4v) is 3.31. The van der Waals surface area contributed by atoms with E-state index in [2.05, 4.69) is 17.1 Å². The van der Waals surface area contributed by atoms with E-state index in [0.717, 1.165) is 24.4 Å². The summed E-state index contributed by atoms with van der Waals surface area (Å²) in [6, 6.07) is 1.61. The Morgan fingerprint density at radius 3 is 3.16 bits per heavy atom. The van der Waals surface area contributed by atoms with Crippen LogP contribution in [0.2, 0.25) is 0 Å². The van der Waals surface area contributed by atoms with Crippen LogP contribution in [0.15, 0.2) is 23.0 Å². The third-order valence-electron chi connectivity index (χ3n) is 3.35. The number of likely N-dealkylation sites (tertiary alicyclic amines) is 1. The molecule has 100 valence electrons. The zero-order chi connectivity index (χ0) is 13.2. The van der Waals surface area contributed by atoms with E-state index in [1.807, 2.05) is 11.1 Å². The summed E-state index contributed by atoms with van der Waals surface area (Å²) in [5.74, 6) is 0.589. The van der Waals surface area contributed by atoms with Crippen LogP contribution in [0.1, 0.15) is 39.2 Å². The molecule has 1 aliphatic rings. The van der Waals surface area contributed by atoms with Gasteiger partial charge < -0.3 is 9.42 Å². The van der Waals surface area contributed by atoms with Gasteiger partial charge in [-0.3, -0.25) is 4.79 Å². The molecule has 0 aliphatic carbocycles. The number of piperidine rings is 1. The highest BCUT2D eigenvalue weighted by atomic mass is 32.1. The molecular formula is C13H15N3O2S. The average molecular weight is 277 g/mol. The summed E-state index contributed by atoms with van der Waals surface area (Å²) in [5.41, 5.74) is 0. The Labute approximate surface area is 115 Å². The van der Waals surface area contributed by atoms with Crippen molar-refractivity contribution in [1.29, 1.82) is 0 Å². The minimum Gasteiger partial charge on any atom is -0.351 e. The van der Waals surface area contributed by atoms with E-state index in [0.29, 0.717) is 18.2 Å². The standard InChI is InChI=1S/C13H15N3O2S/c1-9-7-14-12(19-9)10-3-2-6-16(8-10)13(17)11-4-5-15-18-11/h4-5,7,10H,2-3,6,8H2,1H3. The molecule has 3 heterocycles. The number of aromatic nitrogens is 2. The van der Waals surface area contributed by atoms with Gasteiger partial charge in [0, 0.05) is 36.1 Å². The van der Waals surface area contributed by atoms with Crippen LogP contribution in [0.5, 0.6) is 0 Å². The second kappa shape index (κ2) is 5.13. The van der Waals surface area contributed by atoms with Gasteiger partial charge in [-0.15, -0.1) is 11.3 Å². The van der Waals surface area contributed by atoms with Crippen molar-refractivity contribution < 1.29 is 9.32 Å². The number of thiazole rings is 1. The number of carbonyl (C=O) groups excluding carboxylic acids is 1. The maximum absolute atomic E-state index is 12.2. The van der Waals surface area contributed by atoms with Crippen LogP contribution in [0.3, 0.4) is 0 Å². The number of amides is 1. The van der Waals surface area contributed by atoms with E-state index in [9.17, 15) is 4.79 Å². The third-order valence-corrected chi connectivity index (χ3v) is 4.42. The van der Waals surface area contributed by atoms with Crippen LogP contribution >= 0.6 is 11.3 Å². The molecule has 1 aliphatic heterocycles. The number of aryl methyl sites for hydroxylation is 1. The Morgan fingerprint density at radius 2 is 2.47 bits per heavy atom. The molecule has 5 nitrogen and oxygen atoms in total. The topological polar surface area (TPSA) is 59.2 Å². The van der Waals surface area contributed by atoms with E-state index >= 15 is 0 Å². The van der Waals surface area contributed by atoms with Crippen LogP contribution in [0, 0.1) is 6.92 Å². The Hall–Kier alpha value is -1.69. The number of hydrogen-bond acceptors (Lipinski definition) is 5. The first-order valence-corrected chi connectivity index (χ1v) is 7.18. The summed E-state index contributed by atoms with van der Waals surface area (Å²) < 4.78 is 4.94. The molecule has 0 radical (unpaired) electrons. The van der Waals surface area contributed by atoms with Crippen LogP contribution in [0.4, 0.5) is 0 Å². The molecule has 19 heavy (non-hydrogen) atoms. The molecule has 1 fully saturated rings. The summed E-state index contributed by atoms with van der Waals surface area (Å²) in [4.78, 5) is 19.7. The van der Waals surface area contributed by atoms with Gasteiger partial charge in [-0.2, -0.15) is 0 Å². The first-order chi connectivity index (χ1) is 9.24. The smallest absolute Gasteiger partial charge is 0.292 e. The Morgan fingerprint density at radius 1 is 1.58 bits per heavy atom. The molecule has 3 rings (SSSR count). The Kier molecular flexibility index (Phi) is 3.33. The highest BCUT2D eigenvalue weighted by Gasteiger charge is 2.28. The largest absolute Gasteiger partial charge is 0.351 e. The first-order valence-electron chi connectivity index (χ1n) is 6.36. The van der Waals surface area contributed by atoms with Crippen molar-refractivity contribution in [1.82, 2.24) is 15.0 Å². The number of rotatable bonds is 2. The van der Waals surface area contributed by atoms with E-state index in [1.165, 1.54) is 11.1 Å². The predicted octanol–water partition coefficient (Wildman–Crippen LogP) is 2.46. The van der Waals surface area contributed by atoms with Gasteiger partial charge in [-0.25, -0.2) is 4.98 Å². The van der Waals surface area contributed by atoms with Crippen molar-refractivity contribution in [2.24, 2.45) is 0 Å². The second-order valence-electron chi connectivity index (χ2n) is 4.78. The molecule has 1 saturated heterocycles. The Balaban J connectivity index is 1.73. The zero-order valence-corrected chi connectivity index (χ0v) is 11.5. The van der Waals surface area contributed by atoms with Crippen molar-refractivity contribution >= 4 is 17.2 Å². The maximum atomic E-state index is 12.2. The lowest BCUT2D eigenvalue weighted by Gasteiger charge is -2.31. The fourth-order valence-electron chi connectivity index (χ4n) is 2.41. The van der Waals surface area contributed by atoms with Crippen molar-refractivity contribution in [3.8, 4) is 0 Å². The summed E-state index contributed by atoms with van der Waals surface area (Å²) in [6.45, 7) is 3.55. The number of hydrogen-bond donors (Lipinski definition) is 0. The molecule has 2 aromatic rings. The molecule has 0 bridgehead atoms. The van der Waals surface area contributed by atoms with Gasteiger partial charge in [-0.05, 0) is 19.8 Å². The molecule has 2 aromatic heterocycles. The average Bonchev–Trinajstić information content (AvgIpc) is 3.09. The van der Waals surface area contributed by atoms with E-state index in [4.69, 9.17) is 4.52 Å². The van der Waals surface area contributed by atoms with Crippen molar-refractivity contribution in [2.75, 3.05) is 13.1 Å². The summed E-state index contributed by atoms with van der Waals surface area (Å²) in [6.07, 6.45) is 5.49. The van der Waals surface area contributed by atoms with Crippen LogP contribution in [0.25, 0.3) is 0 Å². The fraction of sp³-hybridized carbons (Fsp3) is 0.462. The van der Waals surface area contributed by atoms with E-state index in [1.54, 1.807) is 17.4 Å². The van der Waals surface area contributed by atoms with Crippen molar-refractivity contribution in [3.63, 3.8) is 0 Å². The van der Waals surface area contributed by atoms with E-state index < -0.39 is 0 Å². The normalized spacial score (nSPS) is 19.6. The lowest BCUT2D eigenvalue weighted by molar-refractivity contribution is 0.0665. The SMILES string of the molecule is Cc1cnc(C2CCCN(C(=O)c3ccno3)C2)s1. The summed E-state index contributed by atoms with van der Waals surface area (Å²) >= 11 is 1.72. The molecular weight excluding hydrogens is 262 g/mol. The molecule has 1 atom stereocenters. The molecule has 0 spiro atoms. The van der Waals surface area contributed by atoms with Gasteiger partial charge in [0.05, 0.1) is 11.2 Å². The number of nitrogens with zero attached hydrogens (tertiary/aromatic N) is 3. The Bertz CT molecular complexity index is 564. The third kappa shape index (κ3) is 2.53. The van der Waals surface area contributed by atoms with Crippen LogP contribution in [-0.4, -0.2) is 34.0 Å². The monoisotopic (exact) mass is 277 g/mol. The number of carbonyl (C=O) groups is 1. The minimum atomic E-state index is -0.0736. The van der Waals surface area contributed by atoms with Crippen LogP contribution in [-0.2, 0) is 0 Å². The van der Waals surface area contributed by atoms with Gasteiger partial charge in [0.2, 0.25) is 5.76 Å². The molecule has 1 unspecified atom stereocenters. The van der Waals surface area contributed by atoms with Gasteiger partial charge in [0.15, 0.2) is 0 Å². The van der Waals surface area contributed by atoms with Crippen LogP contribution < -0.4 is 0 Å². The molecule has 0 saturated carbocycles. The zero-order valence-electron chi connectivity index (χ0n) is 10.7. The predicted molar refractivity (Wildman–Crippen MR) is 71.2 cm³/mol. The first kappa shape index (κ1) is 12.3. The summed E-state index contributed by atoms with van der Waals surface area (Å²) in [7, 11) is 0. The molecule has 1 amide bonds. The molecule has 6 heteroatoms. The summed E-state index contributed by atoms with van der Waals surface area (Å²) in [5, 5.41) is 4.72. The second-order valence-corrected chi connectivity index (χ2v) is 6.04. The maximum Gasteiger partial charge on any atom is 0.292 e. The van der Waals surface area contributed by atoms with Gasteiger partial charge in [0.25, 0.3) is 5.91 Å². The highest BCUT2D eigenvalue weighted by Crippen LogP contribution is 2.30. The van der Waals surface area contributed by atoms with Gasteiger partial charge in [-0.1, -0.05) is 5.16 Å². The van der Waals surface area contributed by atoms with Crippen molar-refractivity contribution in [2.45, 2.75) is 25.7 Å². The lowest BCUT2D eigenvalue weighted by Crippen LogP contribution is -2.38. The molecule has 0 N–H and O–H groups in total. The van der Waals surface area contributed by atoms with Gasteiger partial charge >= 0.3 is 0 Å². The van der Waals surface area contributed by atoms with Crippen molar-refractivity contribution in [3.05, 3.63) is 34.1 Å². The van der Waals surface area contributed by atoms with Gasteiger partial charge in [0.1, 0.15) is 0 Å². The molecule has 0 aromatic carbocycles.